The molecule has 1 aromatic heterocycles. The number of nitrogens with two attached hydrogens (primary N) is 1. The van der Waals surface area contributed by atoms with Gasteiger partial charge in [0.25, 0.3) is 0 Å². The molecule has 0 aliphatic carbocycles. The van der Waals surface area contributed by atoms with E-state index in [0.29, 0.717) is 10.7 Å². The lowest BCUT2D eigenvalue weighted by atomic mass is 10.2. The third kappa shape index (κ3) is 2.06. The molecule has 0 aliphatic heterocycles. The van der Waals surface area contributed by atoms with Crippen LogP contribution in [0.5, 0.6) is 0 Å². The smallest absolute Gasteiger partial charge is 0.140 e. The highest BCUT2D eigenvalue weighted by Crippen LogP contribution is 2.28. The fourth-order valence-electron chi connectivity index (χ4n) is 1.84. The van der Waals surface area contributed by atoms with Gasteiger partial charge in [0.2, 0.25) is 0 Å². The highest BCUT2D eigenvalue weighted by Gasteiger charge is 2.09. The van der Waals surface area contributed by atoms with Crippen molar-refractivity contribution in [1.29, 1.82) is 0 Å². The standard InChI is InChI=1S/C13H9ClIN3/c14-7-1-4-11-12(5-7)18-13(17-11)9-6-8(15)2-3-10(9)16/h1-6H,16H2,(H,17,18). The summed E-state index contributed by atoms with van der Waals surface area (Å²) in [4.78, 5) is 7.77. The summed E-state index contributed by atoms with van der Waals surface area (Å²) in [5, 5.41) is 0.688. The van der Waals surface area contributed by atoms with E-state index < -0.39 is 0 Å². The SMILES string of the molecule is Nc1ccc(I)cc1-c1nc2ccc(Cl)cc2[nH]1. The van der Waals surface area contributed by atoms with Crippen LogP contribution in [0, 0.1) is 3.57 Å². The average molecular weight is 370 g/mol. The molecule has 3 aromatic rings. The second kappa shape index (κ2) is 4.44. The minimum atomic E-state index is 0.688. The van der Waals surface area contributed by atoms with Gasteiger partial charge >= 0.3 is 0 Å². The Balaban J connectivity index is 2.22. The molecule has 3 N–H and O–H groups in total. The maximum Gasteiger partial charge on any atom is 0.140 e. The van der Waals surface area contributed by atoms with E-state index in [9.17, 15) is 0 Å². The fourth-order valence-corrected chi connectivity index (χ4v) is 2.51. The number of anilines is 1. The maximum absolute atomic E-state index is 5.98. The lowest BCUT2D eigenvalue weighted by Gasteiger charge is -2.02. The van der Waals surface area contributed by atoms with E-state index in [1.54, 1.807) is 0 Å². The minimum absolute atomic E-state index is 0.688. The number of fused-ring (bicyclic) bond motifs is 1. The third-order valence-corrected chi connectivity index (χ3v) is 3.62. The number of nitrogen functional groups attached to an aromatic ring is 1. The van der Waals surface area contributed by atoms with Crippen LogP contribution in [0.15, 0.2) is 36.4 Å². The molecule has 5 heteroatoms. The van der Waals surface area contributed by atoms with Gasteiger partial charge in [0, 0.05) is 19.8 Å². The number of imidazole rings is 1. The molecule has 0 spiro atoms. The first kappa shape index (κ1) is 11.8. The first-order valence-electron chi connectivity index (χ1n) is 5.34. The zero-order valence-electron chi connectivity index (χ0n) is 9.24. The van der Waals surface area contributed by atoms with Crippen LogP contribution < -0.4 is 5.73 Å². The van der Waals surface area contributed by atoms with Crippen molar-refractivity contribution in [2.24, 2.45) is 0 Å². The van der Waals surface area contributed by atoms with Gasteiger partial charge in [-0.25, -0.2) is 4.98 Å². The summed E-state index contributed by atoms with van der Waals surface area (Å²) < 4.78 is 1.12. The molecule has 0 saturated carbocycles. The topological polar surface area (TPSA) is 54.7 Å². The van der Waals surface area contributed by atoms with Crippen LogP contribution in [-0.2, 0) is 0 Å². The predicted molar refractivity (Wildman–Crippen MR) is 83.7 cm³/mol. The van der Waals surface area contributed by atoms with Gasteiger partial charge in [-0.15, -0.1) is 0 Å². The Morgan fingerprint density at radius 3 is 2.83 bits per heavy atom. The van der Waals surface area contributed by atoms with Gasteiger partial charge in [-0.2, -0.15) is 0 Å². The Morgan fingerprint density at radius 1 is 1.17 bits per heavy atom. The van der Waals surface area contributed by atoms with E-state index in [2.05, 4.69) is 32.6 Å². The Morgan fingerprint density at radius 2 is 2.00 bits per heavy atom. The van der Waals surface area contributed by atoms with E-state index in [1.165, 1.54) is 0 Å². The van der Waals surface area contributed by atoms with Crippen LogP contribution in [0.2, 0.25) is 5.02 Å². The van der Waals surface area contributed by atoms with Gasteiger partial charge in [0.1, 0.15) is 5.82 Å². The molecule has 90 valence electrons. The average Bonchev–Trinajstić information content (AvgIpc) is 2.74. The molecule has 1 heterocycles. The molecule has 0 amide bonds. The normalized spacial score (nSPS) is 11.0. The highest BCUT2D eigenvalue weighted by molar-refractivity contribution is 14.1. The Bertz CT molecular complexity index is 736. The Hall–Kier alpha value is -1.27. The van der Waals surface area contributed by atoms with Crippen molar-refractivity contribution in [2.75, 3.05) is 5.73 Å². The summed E-state index contributed by atoms with van der Waals surface area (Å²) in [5.41, 5.74) is 9.40. The van der Waals surface area contributed by atoms with E-state index in [4.69, 9.17) is 17.3 Å². The van der Waals surface area contributed by atoms with Gasteiger partial charge in [-0.3, -0.25) is 0 Å². The second-order valence-corrected chi connectivity index (χ2v) is 5.66. The van der Waals surface area contributed by atoms with Crippen molar-refractivity contribution in [1.82, 2.24) is 9.97 Å². The first-order chi connectivity index (χ1) is 8.63. The van der Waals surface area contributed by atoms with Crippen LogP contribution in [0.1, 0.15) is 0 Å². The van der Waals surface area contributed by atoms with Crippen molar-refractivity contribution in [3.8, 4) is 11.4 Å². The number of halogens is 2. The number of rotatable bonds is 1. The second-order valence-electron chi connectivity index (χ2n) is 3.98. The monoisotopic (exact) mass is 369 g/mol. The van der Waals surface area contributed by atoms with Gasteiger partial charge in [-0.05, 0) is 59.0 Å². The number of nitrogens with zero attached hydrogens (tertiary/aromatic N) is 1. The van der Waals surface area contributed by atoms with Gasteiger partial charge < -0.3 is 10.7 Å². The van der Waals surface area contributed by atoms with Crippen LogP contribution in [0.4, 0.5) is 5.69 Å². The van der Waals surface area contributed by atoms with Crippen LogP contribution in [0.3, 0.4) is 0 Å². The highest BCUT2D eigenvalue weighted by atomic mass is 127. The molecule has 0 aliphatic rings. The largest absolute Gasteiger partial charge is 0.398 e. The zero-order valence-corrected chi connectivity index (χ0v) is 12.2. The summed E-state index contributed by atoms with van der Waals surface area (Å²) in [7, 11) is 0. The van der Waals surface area contributed by atoms with Crippen LogP contribution in [0.25, 0.3) is 22.4 Å². The third-order valence-electron chi connectivity index (χ3n) is 2.71. The quantitative estimate of drug-likeness (QED) is 0.502. The number of benzene rings is 2. The lowest BCUT2D eigenvalue weighted by Crippen LogP contribution is -1.91. The van der Waals surface area contributed by atoms with E-state index in [1.807, 2.05) is 36.4 Å². The molecule has 0 fully saturated rings. The molecular weight excluding hydrogens is 361 g/mol. The summed E-state index contributed by atoms with van der Waals surface area (Å²) in [5.74, 6) is 0.767. The number of hydrogen-bond donors (Lipinski definition) is 2. The summed E-state index contributed by atoms with van der Waals surface area (Å²) in [6.07, 6.45) is 0. The van der Waals surface area contributed by atoms with Gasteiger partial charge in [0.15, 0.2) is 0 Å². The fraction of sp³-hybridized carbons (Fsp3) is 0. The number of H-pyrrole nitrogens is 1. The summed E-state index contributed by atoms with van der Waals surface area (Å²) in [6.45, 7) is 0. The van der Waals surface area contributed by atoms with Crippen molar-refractivity contribution < 1.29 is 0 Å². The molecule has 0 saturated heterocycles. The van der Waals surface area contributed by atoms with Crippen LogP contribution >= 0.6 is 34.2 Å². The molecule has 0 radical (unpaired) electrons. The number of nitrogens with one attached hydrogen (secondary N) is 1. The predicted octanol–water partition coefficient (Wildman–Crippen LogP) is 4.07. The van der Waals surface area contributed by atoms with E-state index in [0.717, 1.165) is 26.0 Å². The van der Waals surface area contributed by atoms with Crippen molar-refractivity contribution in [3.05, 3.63) is 45.0 Å². The number of aromatic amines is 1. The van der Waals surface area contributed by atoms with Gasteiger partial charge in [-0.1, -0.05) is 11.6 Å². The minimum Gasteiger partial charge on any atom is -0.398 e. The molecule has 3 nitrogen and oxygen atoms in total. The molecule has 2 aromatic carbocycles. The molecule has 0 atom stereocenters. The number of aromatic nitrogens is 2. The Labute approximate surface area is 123 Å². The van der Waals surface area contributed by atoms with Crippen molar-refractivity contribution in [2.45, 2.75) is 0 Å². The van der Waals surface area contributed by atoms with Crippen molar-refractivity contribution in [3.63, 3.8) is 0 Å². The lowest BCUT2D eigenvalue weighted by molar-refractivity contribution is 1.33. The molecule has 0 bridgehead atoms. The summed E-state index contributed by atoms with van der Waals surface area (Å²) >= 11 is 8.21. The van der Waals surface area contributed by atoms with Crippen LogP contribution in [-0.4, -0.2) is 9.97 Å². The molecule has 0 unspecified atom stereocenters. The Kier molecular flexibility index (Phi) is 2.91. The number of hydrogen-bond acceptors (Lipinski definition) is 2. The molecular formula is C13H9ClIN3. The first-order valence-corrected chi connectivity index (χ1v) is 6.80. The van der Waals surface area contributed by atoms with Crippen molar-refractivity contribution >= 4 is 50.9 Å². The maximum atomic E-state index is 5.98. The van der Waals surface area contributed by atoms with E-state index >= 15 is 0 Å². The summed E-state index contributed by atoms with van der Waals surface area (Å²) in [6, 6.07) is 11.4. The zero-order chi connectivity index (χ0) is 12.7. The van der Waals surface area contributed by atoms with E-state index in [-0.39, 0.29) is 0 Å². The van der Waals surface area contributed by atoms with Gasteiger partial charge in [0.05, 0.1) is 11.0 Å². The molecule has 18 heavy (non-hydrogen) atoms. The molecule has 3 rings (SSSR count).